The Bertz CT molecular complexity index is 577. The van der Waals surface area contributed by atoms with Crippen molar-refractivity contribution < 1.29 is 9.59 Å². The van der Waals surface area contributed by atoms with E-state index in [-0.39, 0.29) is 18.4 Å². The standard InChI is InChI=1S/C16H24N4O2/c1-11-9-14(20(18-11)12(2)13-6-7-13)17-15(21)10-19-8-4-3-5-16(19)22/h9,12-13H,3-8,10H2,1-2H3,(H,17,21). The summed E-state index contributed by atoms with van der Waals surface area (Å²) in [5, 5.41) is 7.44. The molecule has 22 heavy (non-hydrogen) atoms. The second kappa shape index (κ2) is 6.10. The molecule has 0 spiro atoms. The molecule has 1 N–H and O–H groups in total. The van der Waals surface area contributed by atoms with Crippen molar-refractivity contribution in [2.24, 2.45) is 5.92 Å². The van der Waals surface area contributed by atoms with E-state index < -0.39 is 0 Å². The van der Waals surface area contributed by atoms with Crippen LogP contribution in [0.1, 0.15) is 50.8 Å². The minimum Gasteiger partial charge on any atom is -0.333 e. The average Bonchev–Trinajstić information content (AvgIpc) is 3.25. The van der Waals surface area contributed by atoms with Crippen molar-refractivity contribution in [3.8, 4) is 0 Å². The Hall–Kier alpha value is -1.85. The van der Waals surface area contributed by atoms with E-state index in [1.807, 2.05) is 17.7 Å². The molecule has 2 amide bonds. The lowest BCUT2D eigenvalue weighted by Gasteiger charge is -2.26. The molecule has 2 aliphatic rings. The number of nitrogens with one attached hydrogen (secondary N) is 1. The second-order valence-electron chi connectivity index (χ2n) is 6.51. The van der Waals surface area contributed by atoms with Gasteiger partial charge in [-0.1, -0.05) is 0 Å². The lowest BCUT2D eigenvalue weighted by molar-refractivity contribution is -0.136. The summed E-state index contributed by atoms with van der Waals surface area (Å²) in [5.41, 5.74) is 0.900. The van der Waals surface area contributed by atoms with Gasteiger partial charge in [0.25, 0.3) is 0 Å². The van der Waals surface area contributed by atoms with Gasteiger partial charge in [-0.25, -0.2) is 4.68 Å². The van der Waals surface area contributed by atoms with Gasteiger partial charge in [0.05, 0.1) is 18.3 Å². The molecule has 0 aromatic carbocycles. The minimum absolute atomic E-state index is 0.0810. The summed E-state index contributed by atoms with van der Waals surface area (Å²) in [4.78, 5) is 25.7. The molecule has 2 heterocycles. The molecule has 120 valence electrons. The van der Waals surface area contributed by atoms with E-state index in [9.17, 15) is 9.59 Å². The van der Waals surface area contributed by atoms with Gasteiger partial charge in [-0.15, -0.1) is 0 Å². The molecule has 1 aromatic heterocycles. The zero-order chi connectivity index (χ0) is 15.7. The van der Waals surface area contributed by atoms with E-state index in [1.165, 1.54) is 12.8 Å². The van der Waals surface area contributed by atoms with Crippen molar-refractivity contribution in [3.05, 3.63) is 11.8 Å². The van der Waals surface area contributed by atoms with Crippen LogP contribution in [0.2, 0.25) is 0 Å². The fourth-order valence-electron chi connectivity index (χ4n) is 3.08. The van der Waals surface area contributed by atoms with E-state index in [0.29, 0.717) is 24.9 Å². The Kier molecular flexibility index (Phi) is 4.18. The predicted octanol–water partition coefficient (Wildman–Crippen LogP) is 2.11. The van der Waals surface area contributed by atoms with Crippen LogP contribution in [-0.4, -0.2) is 39.6 Å². The number of aromatic nitrogens is 2. The van der Waals surface area contributed by atoms with E-state index in [2.05, 4.69) is 17.3 Å². The molecule has 6 heteroatoms. The van der Waals surface area contributed by atoms with Gasteiger partial charge in [0.15, 0.2) is 0 Å². The number of carbonyl (C=O) groups is 2. The summed E-state index contributed by atoms with van der Waals surface area (Å²) in [5.74, 6) is 1.35. The van der Waals surface area contributed by atoms with Crippen LogP contribution >= 0.6 is 0 Å². The van der Waals surface area contributed by atoms with Crippen LogP contribution in [-0.2, 0) is 9.59 Å². The van der Waals surface area contributed by atoms with Crippen LogP contribution in [0.5, 0.6) is 0 Å². The monoisotopic (exact) mass is 304 g/mol. The number of piperidine rings is 1. The van der Waals surface area contributed by atoms with Crippen LogP contribution in [0, 0.1) is 12.8 Å². The maximum Gasteiger partial charge on any atom is 0.245 e. The van der Waals surface area contributed by atoms with Crippen LogP contribution in [0.15, 0.2) is 6.07 Å². The second-order valence-corrected chi connectivity index (χ2v) is 6.51. The fourth-order valence-corrected chi connectivity index (χ4v) is 3.08. The number of rotatable bonds is 5. The molecule has 0 radical (unpaired) electrons. The first-order valence-electron chi connectivity index (χ1n) is 8.18. The average molecular weight is 304 g/mol. The zero-order valence-corrected chi connectivity index (χ0v) is 13.3. The SMILES string of the molecule is Cc1cc(NC(=O)CN2CCCCC2=O)n(C(C)C2CC2)n1. The van der Waals surface area contributed by atoms with Crippen LogP contribution in [0.3, 0.4) is 0 Å². The molecule has 1 saturated carbocycles. The van der Waals surface area contributed by atoms with Crippen LogP contribution in [0.4, 0.5) is 5.82 Å². The van der Waals surface area contributed by atoms with Gasteiger partial charge >= 0.3 is 0 Å². The topological polar surface area (TPSA) is 67.2 Å². The van der Waals surface area contributed by atoms with Gasteiger partial charge in [0, 0.05) is 19.0 Å². The van der Waals surface area contributed by atoms with Crippen molar-refractivity contribution in [1.29, 1.82) is 0 Å². The first-order chi connectivity index (χ1) is 10.5. The minimum atomic E-state index is -0.139. The third-order valence-corrected chi connectivity index (χ3v) is 4.57. The summed E-state index contributed by atoms with van der Waals surface area (Å²) in [6.45, 7) is 4.90. The number of hydrogen-bond donors (Lipinski definition) is 1. The lowest BCUT2D eigenvalue weighted by Crippen LogP contribution is -2.41. The molecule has 1 saturated heterocycles. The number of carbonyl (C=O) groups excluding carboxylic acids is 2. The van der Waals surface area contributed by atoms with E-state index >= 15 is 0 Å². The van der Waals surface area contributed by atoms with Crippen molar-refractivity contribution in [2.45, 2.75) is 52.0 Å². The maximum absolute atomic E-state index is 12.2. The van der Waals surface area contributed by atoms with E-state index in [1.54, 1.807) is 4.90 Å². The summed E-state index contributed by atoms with van der Waals surface area (Å²) < 4.78 is 1.92. The quantitative estimate of drug-likeness (QED) is 0.906. The Morgan fingerprint density at radius 2 is 2.23 bits per heavy atom. The number of anilines is 1. The number of amides is 2. The Morgan fingerprint density at radius 3 is 2.91 bits per heavy atom. The Labute approximate surface area is 130 Å². The molecule has 1 atom stereocenters. The number of hydrogen-bond acceptors (Lipinski definition) is 3. The third-order valence-electron chi connectivity index (χ3n) is 4.57. The predicted molar refractivity (Wildman–Crippen MR) is 83.5 cm³/mol. The third kappa shape index (κ3) is 3.31. The maximum atomic E-state index is 12.2. The van der Waals surface area contributed by atoms with Gasteiger partial charge in [-0.3, -0.25) is 9.59 Å². The van der Waals surface area contributed by atoms with Gasteiger partial charge in [-0.2, -0.15) is 5.10 Å². The lowest BCUT2D eigenvalue weighted by atomic mass is 10.1. The molecule has 1 aromatic rings. The van der Waals surface area contributed by atoms with Gasteiger partial charge in [0.1, 0.15) is 5.82 Å². The highest BCUT2D eigenvalue weighted by atomic mass is 16.2. The summed E-state index contributed by atoms with van der Waals surface area (Å²) in [7, 11) is 0. The Balaban J connectivity index is 1.64. The molecule has 1 aliphatic carbocycles. The van der Waals surface area contributed by atoms with E-state index in [4.69, 9.17) is 0 Å². The largest absolute Gasteiger partial charge is 0.333 e. The first kappa shape index (κ1) is 15.1. The van der Waals surface area contributed by atoms with Crippen molar-refractivity contribution in [2.75, 3.05) is 18.4 Å². The number of nitrogens with zero attached hydrogens (tertiary/aromatic N) is 3. The number of aryl methyl sites for hydroxylation is 1. The smallest absolute Gasteiger partial charge is 0.245 e. The summed E-state index contributed by atoms with van der Waals surface area (Å²) >= 11 is 0. The molecule has 6 nitrogen and oxygen atoms in total. The first-order valence-corrected chi connectivity index (χ1v) is 8.18. The highest BCUT2D eigenvalue weighted by Gasteiger charge is 2.31. The Morgan fingerprint density at radius 1 is 1.45 bits per heavy atom. The van der Waals surface area contributed by atoms with Crippen molar-refractivity contribution in [1.82, 2.24) is 14.7 Å². The van der Waals surface area contributed by atoms with Gasteiger partial charge < -0.3 is 10.2 Å². The van der Waals surface area contributed by atoms with Crippen LogP contribution in [0.25, 0.3) is 0 Å². The summed E-state index contributed by atoms with van der Waals surface area (Å²) in [6, 6.07) is 2.20. The summed E-state index contributed by atoms with van der Waals surface area (Å²) in [6.07, 6.45) is 4.94. The molecule has 0 bridgehead atoms. The molecule has 2 fully saturated rings. The normalized spacial score (nSPS) is 20.1. The van der Waals surface area contributed by atoms with Crippen LogP contribution < -0.4 is 5.32 Å². The van der Waals surface area contributed by atoms with E-state index in [0.717, 1.165) is 24.4 Å². The molecule has 3 rings (SSSR count). The van der Waals surface area contributed by atoms with Gasteiger partial charge in [-0.05, 0) is 45.4 Å². The molecular weight excluding hydrogens is 280 g/mol. The highest BCUT2D eigenvalue weighted by molar-refractivity contribution is 5.94. The van der Waals surface area contributed by atoms with Crippen molar-refractivity contribution in [3.63, 3.8) is 0 Å². The molecular formula is C16H24N4O2. The van der Waals surface area contributed by atoms with Crippen molar-refractivity contribution >= 4 is 17.6 Å². The molecule has 1 unspecified atom stereocenters. The molecule has 1 aliphatic heterocycles. The fraction of sp³-hybridized carbons (Fsp3) is 0.688. The van der Waals surface area contributed by atoms with Gasteiger partial charge in [0.2, 0.25) is 11.8 Å². The number of likely N-dealkylation sites (tertiary alicyclic amines) is 1. The highest BCUT2D eigenvalue weighted by Crippen LogP contribution is 2.40. The zero-order valence-electron chi connectivity index (χ0n) is 13.3.